The first-order valence-electron chi connectivity index (χ1n) is 5.87. The number of amides is 1. The zero-order valence-electron chi connectivity index (χ0n) is 11.0. The van der Waals surface area contributed by atoms with Crippen LogP contribution in [0.5, 0.6) is 0 Å². The Morgan fingerprint density at radius 2 is 1.90 bits per heavy atom. The maximum absolute atomic E-state index is 12.2. The number of hydrogen-bond donors (Lipinski definition) is 2. The third kappa shape index (κ3) is 2.66. The van der Waals surface area contributed by atoms with Crippen molar-refractivity contribution in [3.05, 3.63) is 46.6 Å². The average Bonchev–Trinajstić information content (AvgIpc) is 2.91. The fraction of sp³-hybridized carbons (Fsp3) is 0.231. The Kier molecular flexibility index (Phi) is 3.79. The molecule has 20 heavy (non-hydrogen) atoms. The van der Waals surface area contributed by atoms with Gasteiger partial charge in [0.05, 0.1) is 17.7 Å². The molecule has 7 nitrogen and oxygen atoms in total. The molecule has 0 bridgehead atoms. The van der Waals surface area contributed by atoms with Gasteiger partial charge in [0.2, 0.25) is 6.39 Å². The van der Waals surface area contributed by atoms with Crippen molar-refractivity contribution >= 4 is 11.9 Å². The van der Waals surface area contributed by atoms with Crippen LogP contribution < -0.4 is 5.32 Å². The highest BCUT2D eigenvalue weighted by Gasteiger charge is 2.21. The number of carboxylic acids is 1. The van der Waals surface area contributed by atoms with Crippen LogP contribution in [0.15, 0.2) is 23.0 Å². The van der Waals surface area contributed by atoms with Crippen molar-refractivity contribution in [1.82, 2.24) is 15.5 Å². The average molecular weight is 275 g/mol. The molecule has 0 radical (unpaired) electrons. The number of benzene rings is 1. The maximum Gasteiger partial charge on any atom is 0.336 e. The molecule has 0 unspecified atom stereocenters. The Morgan fingerprint density at radius 3 is 2.45 bits per heavy atom. The van der Waals surface area contributed by atoms with E-state index in [2.05, 4.69) is 20.0 Å². The summed E-state index contributed by atoms with van der Waals surface area (Å²) in [7, 11) is 0. The van der Waals surface area contributed by atoms with Crippen LogP contribution in [0.3, 0.4) is 0 Å². The van der Waals surface area contributed by atoms with Gasteiger partial charge in [-0.3, -0.25) is 4.79 Å². The lowest BCUT2D eigenvalue weighted by atomic mass is 9.96. The van der Waals surface area contributed by atoms with Gasteiger partial charge < -0.3 is 14.9 Å². The van der Waals surface area contributed by atoms with E-state index in [-0.39, 0.29) is 17.7 Å². The Morgan fingerprint density at radius 1 is 1.25 bits per heavy atom. The minimum atomic E-state index is -1.13. The van der Waals surface area contributed by atoms with E-state index in [1.807, 2.05) is 0 Å². The zero-order chi connectivity index (χ0) is 14.7. The quantitative estimate of drug-likeness (QED) is 0.871. The standard InChI is InChI=1S/C13H13N3O4/c1-7-3-4-8(2)11(13(18)19)10(7)12(17)14-5-9-15-6-20-16-9/h3-4,6H,5H2,1-2H3,(H,14,17)(H,18,19). The molecular weight excluding hydrogens is 262 g/mol. The first-order valence-corrected chi connectivity index (χ1v) is 5.87. The Balaban J connectivity index is 2.29. The minimum Gasteiger partial charge on any atom is -0.478 e. The summed E-state index contributed by atoms with van der Waals surface area (Å²) in [6, 6.07) is 3.39. The van der Waals surface area contributed by atoms with E-state index in [1.165, 1.54) is 0 Å². The third-order valence-electron chi connectivity index (χ3n) is 2.88. The molecule has 1 heterocycles. The Labute approximate surface area is 114 Å². The summed E-state index contributed by atoms with van der Waals surface area (Å²) in [6.45, 7) is 3.41. The highest BCUT2D eigenvalue weighted by atomic mass is 16.5. The van der Waals surface area contributed by atoms with Gasteiger partial charge >= 0.3 is 5.97 Å². The van der Waals surface area contributed by atoms with Gasteiger partial charge in [-0.05, 0) is 25.0 Å². The fourth-order valence-electron chi connectivity index (χ4n) is 1.90. The van der Waals surface area contributed by atoms with Gasteiger partial charge in [-0.25, -0.2) is 4.79 Å². The monoisotopic (exact) mass is 275 g/mol. The number of nitrogens with zero attached hydrogens (tertiary/aromatic N) is 2. The number of aromatic nitrogens is 2. The van der Waals surface area contributed by atoms with Crippen LogP contribution in [0, 0.1) is 13.8 Å². The van der Waals surface area contributed by atoms with E-state index in [1.54, 1.807) is 26.0 Å². The number of carbonyl (C=O) groups excluding carboxylic acids is 1. The van der Waals surface area contributed by atoms with Gasteiger partial charge in [0, 0.05) is 0 Å². The lowest BCUT2D eigenvalue weighted by molar-refractivity contribution is 0.0690. The number of aryl methyl sites for hydroxylation is 2. The third-order valence-corrected chi connectivity index (χ3v) is 2.88. The van der Waals surface area contributed by atoms with Gasteiger partial charge in [-0.15, -0.1) is 0 Å². The molecule has 2 rings (SSSR count). The first-order chi connectivity index (χ1) is 9.50. The lowest BCUT2D eigenvalue weighted by Gasteiger charge is -2.11. The summed E-state index contributed by atoms with van der Waals surface area (Å²) >= 11 is 0. The van der Waals surface area contributed by atoms with Crippen LogP contribution in [-0.2, 0) is 6.54 Å². The summed E-state index contributed by atoms with van der Waals surface area (Å²) in [5.74, 6) is -1.29. The van der Waals surface area contributed by atoms with Crippen molar-refractivity contribution < 1.29 is 19.2 Å². The van der Waals surface area contributed by atoms with Crippen LogP contribution in [0.2, 0.25) is 0 Å². The van der Waals surface area contributed by atoms with Crippen LogP contribution >= 0.6 is 0 Å². The summed E-state index contributed by atoms with van der Waals surface area (Å²) in [4.78, 5) is 27.3. The van der Waals surface area contributed by atoms with Gasteiger partial charge in [0.25, 0.3) is 5.91 Å². The van der Waals surface area contributed by atoms with Gasteiger partial charge in [-0.1, -0.05) is 17.3 Å². The molecular formula is C13H13N3O4. The topological polar surface area (TPSA) is 105 Å². The Hall–Kier alpha value is -2.70. The van der Waals surface area contributed by atoms with Gasteiger partial charge in [0.1, 0.15) is 0 Å². The van der Waals surface area contributed by atoms with E-state index in [9.17, 15) is 14.7 Å². The van der Waals surface area contributed by atoms with E-state index in [4.69, 9.17) is 0 Å². The molecule has 1 aromatic carbocycles. The van der Waals surface area contributed by atoms with Crippen molar-refractivity contribution in [1.29, 1.82) is 0 Å². The second-order valence-electron chi connectivity index (χ2n) is 4.28. The second-order valence-corrected chi connectivity index (χ2v) is 4.28. The number of rotatable bonds is 4. The molecule has 2 N–H and O–H groups in total. The molecule has 0 saturated heterocycles. The maximum atomic E-state index is 12.2. The molecule has 0 aliphatic heterocycles. The van der Waals surface area contributed by atoms with Gasteiger partial charge in [0.15, 0.2) is 5.82 Å². The van der Waals surface area contributed by atoms with E-state index in [0.29, 0.717) is 17.0 Å². The molecule has 104 valence electrons. The van der Waals surface area contributed by atoms with Crippen LogP contribution in [-0.4, -0.2) is 27.1 Å². The van der Waals surface area contributed by atoms with Gasteiger partial charge in [-0.2, -0.15) is 4.98 Å². The molecule has 1 aromatic heterocycles. The van der Waals surface area contributed by atoms with Crippen molar-refractivity contribution in [2.45, 2.75) is 20.4 Å². The summed E-state index contributed by atoms with van der Waals surface area (Å²) < 4.78 is 4.55. The molecule has 7 heteroatoms. The number of aromatic carboxylic acids is 1. The normalized spacial score (nSPS) is 10.3. The molecule has 0 saturated carbocycles. The minimum absolute atomic E-state index is 0.00983. The van der Waals surface area contributed by atoms with Crippen LogP contribution in [0.25, 0.3) is 0 Å². The molecule has 0 atom stereocenters. The fourth-order valence-corrected chi connectivity index (χ4v) is 1.90. The predicted molar refractivity (Wildman–Crippen MR) is 68.3 cm³/mol. The molecule has 2 aromatic rings. The number of hydrogen-bond acceptors (Lipinski definition) is 5. The highest BCUT2D eigenvalue weighted by Crippen LogP contribution is 2.19. The van der Waals surface area contributed by atoms with E-state index >= 15 is 0 Å². The predicted octanol–water partition coefficient (Wildman–Crippen LogP) is 1.31. The second kappa shape index (κ2) is 5.52. The molecule has 1 amide bonds. The number of carbonyl (C=O) groups is 2. The summed E-state index contributed by atoms with van der Waals surface area (Å²) in [5.41, 5.74) is 1.29. The number of carboxylic acid groups (broad SMARTS) is 1. The highest BCUT2D eigenvalue weighted by molar-refractivity contribution is 6.06. The van der Waals surface area contributed by atoms with Crippen molar-refractivity contribution in [2.24, 2.45) is 0 Å². The van der Waals surface area contributed by atoms with Crippen LogP contribution in [0.4, 0.5) is 0 Å². The Bertz CT molecular complexity index is 650. The molecule has 0 aliphatic rings. The summed E-state index contributed by atoms with van der Waals surface area (Å²) in [5, 5.41) is 15.4. The van der Waals surface area contributed by atoms with Crippen molar-refractivity contribution in [3.63, 3.8) is 0 Å². The van der Waals surface area contributed by atoms with Crippen LogP contribution in [0.1, 0.15) is 37.7 Å². The zero-order valence-corrected chi connectivity index (χ0v) is 11.0. The first kappa shape index (κ1) is 13.7. The molecule has 0 spiro atoms. The van der Waals surface area contributed by atoms with Crippen molar-refractivity contribution in [2.75, 3.05) is 0 Å². The summed E-state index contributed by atoms with van der Waals surface area (Å²) in [6.07, 6.45) is 1.15. The lowest BCUT2D eigenvalue weighted by Crippen LogP contribution is -2.27. The molecule has 0 aliphatic carbocycles. The molecule has 0 fully saturated rings. The largest absolute Gasteiger partial charge is 0.478 e. The number of nitrogens with one attached hydrogen (secondary N) is 1. The SMILES string of the molecule is Cc1ccc(C)c(C(=O)NCc2ncon2)c1C(=O)O. The van der Waals surface area contributed by atoms with Crippen molar-refractivity contribution in [3.8, 4) is 0 Å². The smallest absolute Gasteiger partial charge is 0.336 e. The van der Waals surface area contributed by atoms with E-state index < -0.39 is 11.9 Å². The van der Waals surface area contributed by atoms with E-state index in [0.717, 1.165) is 6.39 Å².